The summed E-state index contributed by atoms with van der Waals surface area (Å²) in [6, 6.07) is 7.23. The maximum atomic E-state index is 12.1. The lowest BCUT2D eigenvalue weighted by atomic mass is 10.1. The molecule has 0 spiro atoms. The summed E-state index contributed by atoms with van der Waals surface area (Å²) in [7, 11) is 0. The topological polar surface area (TPSA) is 105 Å². The molecule has 7 nitrogen and oxygen atoms in total. The smallest absolute Gasteiger partial charge is 0.273 e. The summed E-state index contributed by atoms with van der Waals surface area (Å²) in [6.07, 6.45) is 1.44. The third kappa shape index (κ3) is 2.56. The van der Waals surface area contributed by atoms with Gasteiger partial charge in [-0.3, -0.25) is 19.7 Å². The fraction of sp³-hybridized carbons (Fsp3) is 0.0769. The first-order chi connectivity index (χ1) is 9.50. The Morgan fingerprint density at radius 1 is 1.30 bits per heavy atom. The Morgan fingerprint density at radius 3 is 2.70 bits per heavy atom. The third-order valence-electron chi connectivity index (χ3n) is 2.81. The molecule has 2 rings (SSSR count). The lowest BCUT2D eigenvalue weighted by Gasteiger charge is -2.07. The zero-order chi connectivity index (χ0) is 14.7. The van der Waals surface area contributed by atoms with Gasteiger partial charge in [-0.1, -0.05) is 6.07 Å². The normalized spacial score (nSPS) is 10.1. The van der Waals surface area contributed by atoms with E-state index in [1.165, 1.54) is 37.4 Å². The van der Waals surface area contributed by atoms with E-state index in [1.54, 1.807) is 6.07 Å². The maximum Gasteiger partial charge on any atom is 0.273 e. The Kier molecular flexibility index (Phi) is 3.60. The SMILES string of the molecule is Cc1c(C(=O)Nc2ccc[nH]c2=O)cccc1[N+](=O)[O-]. The van der Waals surface area contributed by atoms with Crippen molar-refractivity contribution >= 4 is 17.3 Å². The fourth-order valence-electron chi connectivity index (χ4n) is 1.78. The molecule has 102 valence electrons. The van der Waals surface area contributed by atoms with Crippen LogP contribution in [0.4, 0.5) is 11.4 Å². The van der Waals surface area contributed by atoms with Crippen LogP contribution in [0.2, 0.25) is 0 Å². The van der Waals surface area contributed by atoms with Gasteiger partial charge in [-0.15, -0.1) is 0 Å². The summed E-state index contributed by atoms with van der Waals surface area (Å²) in [6.45, 7) is 1.49. The average Bonchev–Trinajstić information content (AvgIpc) is 2.41. The number of carbonyl (C=O) groups is 1. The second kappa shape index (κ2) is 5.35. The molecule has 1 aromatic heterocycles. The van der Waals surface area contributed by atoms with Crippen molar-refractivity contribution in [2.75, 3.05) is 5.32 Å². The quantitative estimate of drug-likeness (QED) is 0.657. The largest absolute Gasteiger partial charge is 0.327 e. The minimum atomic E-state index is -0.567. The maximum absolute atomic E-state index is 12.1. The van der Waals surface area contributed by atoms with Gasteiger partial charge >= 0.3 is 0 Å². The molecule has 20 heavy (non-hydrogen) atoms. The van der Waals surface area contributed by atoms with Crippen molar-refractivity contribution in [2.24, 2.45) is 0 Å². The lowest BCUT2D eigenvalue weighted by Crippen LogP contribution is -2.20. The zero-order valence-corrected chi connectivity index (χ0v) is 10.5. The summed E-state index contributed by atoms with van der Waals surface area (Å²) in [5.74, 6) is -0.567. The fourth-order valence-corrected chi connectivity index (χ4v) is 1.78. The lowest BCUT2D eigenvalue weighted by molar-refractivity contribution is -0.385. The monoisotopic (exact) mass is 273 g/mol. The molecule has 2 N–H and O–H groups in total. The molecule has 0 saturated heterocycles. The van der Waals surface area contributed by atoms with Gasteiger partial charge in [0, 0.05) is 23.4 Å². The highest BCUT2D eigenvalue weighted by Crippen LogP contribution is 2.21. The number of benzene rings is 1. The van der Waals surface area contributed by atoms with Gasteiger partial charge in [0.1, 0.15) is 5.69 Å². The highest BCUT2D eigenvalue weighted by molar-refractivity contribution is 6.05. The summed E-state index contributed by atoms with van der Waals surface area (Å²) >= 11 is 0. The Labute approximate surface area is 113 Å². The summed E-state index contributed by atoms with van der Waals surface area (Å²) in [4.78, 5) is 36.2. The molecule has 0 fully saturated rings. The minimum absolute atomic E-state index is 0.0865. The number of anilines is 1. The number of nitrogens with one attached hydrogen (secondary N) is 2. The van der Waals surface area contributed by atoms with Crippen LogP contribution in [0.25, 0.3) is 0 Å². The molecule has 0 bridgehead atoms. The number of nitro benzene ring substituents is 1. The minimum Gasteiger partial charge on any atom is -0.327 e. The van der Waals surface area contributed by atoms with Gasteiger partial charge in [-0.2, -0.15) is 0 Å². The number of aromatic amines is 1. The van der Waals surface area contributed by atoms with Crippen molar-refractivity contribution in [3.05, 3.63) is 68.1 Å². The van der Waals surface area contributed by atoms with Crippen molar-refractivity contribution in [1.82, 2.24) is 4.98 Å². The van der Waals surface area contributed by atoms with Crippen molar-refractivity contribution in [2.45, 2.75) is 6.92 Å². The van der Waals surface area contributed by atoms with Gasteiger partial charge in [0.15, 0.2) is 0 Å². The van der Waals surface area contributed by atoms with Gasteiger partial charge in [-0.25, -0.2) is 0 Å². The molecule has 0 aliphatic carbocycles. The van der Waals surface area contributed by atoms with E-state index >= 15 is 0 Å². The third-order valence-corrected chi connectivity index (χ3v) is 2.81. The van der Waals surface area contributed by atoms with Crippen LogP contribution in [0, 0.1) is 17.0 Å². The molecule has 7 heteroatoms. The predicted molar refractivity (Wildman–Crippen MR) is 72.8 cm³/mol. The van der Waals surface area contributed by atoms with Crippen LogP contribution in [-0.4, -0.2) is 15.8 Å². The number of carbonyl (C=O) groups excluding carboxylic acids is 1. The Hall–Kier alpha value is -2.96. The molecule has 0 aliphatic heterocycles. The number of rotatable bonds is 3. The van der Waals surface area contributed by atoms with Gasteiger partial charge in [0.2, 0.25) is 0 Å². The predicted octanol–water partition coefficient (Wildman–Crippen LogP) is 1.84. The summed E-state index contributed by atoms with van der Waals surface area (Å²) < 4.78 is 0. The number of nitro groups is 1. The Balaban J connectivity index is 2.36. The van der Waals surface area contributed by atoms with Crippen LogP contribution in [0.5, 0.6) is 0 Å². The Bertz CT molecular complexity index is 736. The van der Waals surface area contributed by atoms with E-state index in [1.807, 2.05) is 0 Å². The highest BCUT2D eigenvalue weighted by atomic mass is 16.6. The number of hydrogen-bond acceptors (Lipinski definition) is 4. The number of aromatic nitrogens is 1. The van der Waals surface area contributed by atoms with E-state index in [0.29, 0.717) is 0 Å². The number of amides is 1. The average molecular weight is 273 g/mol. The molecule has 0 aliphatic rings. The number of nitrogens with zero attached hydrogens (tertiary/aromatic N) is 1. The van der Waals surface area contributed by atoms with Crippen molar-refractivity contribution in [1.29, 1.82) is 0 Å². The first-order valence-corrected chi connectivity index (χ1v) is 5.74. The molecule has 0 unspecified atom stereocenters. The number of hydrogen-bond donors (Lipinski definition) is 2. The standard InChI is InChI=1S/C13H11N3O4/c1-8-9(4-2-6-11(8)16(19)20)12(17)15-10-5-3-7-14-13(10)18/h2-7H,1H3,(H,14,18)(H,15,17). The zero-order valence-electron chi connectivity index (χ0n) is 10.5. The number of pyridine rings is 1. The van der Waals surface area contributed by atoms with E-state index in [2.05, 4.69) is 10.3 Å². The van der Waals surface area contributed by atoms with Gasteiger partial charge < -0.3 is 10.3 Å². The molecular weight excluding hydrogens is 262 g/mol. The molecule has 1 amide bonds. The summed E-state index contributed by atoms with van der Waals surface area (Å²) in [5, 5.41) is 13.3. The Morgan fingerprint density at radius 2 is 2.05 bits per heavy atom. The molecular formula is C13H11N3O4. The molecule has 0 radical (unpaired) electrons. The second-order valence-corrected chi connectivity index (χ2v) is 4.07. The van der Waals surface area contributed by atoms with E-state index in [9.17, 15) is 19.7 Å². The molecule has 1 heterocycles. The first-order valence-electron chi connectivity index (χ1n) is 5.74. The molecule has 1 aromatic carbocycles. The first kappa shape index (κ1) is 13.5. The number of H-pyrrole nitrogens is 1. The van der Waals surface area contributed by atoms with E-state index < -0.39 is 16.4 Å². The van der Waals surface area contributed by atoms with Crippen LogP contribution < -0.4 is 10.9 Å². The van der Waals surface area contributed by atoms with Gasteiger partial charge in [-0.05, 0) is 25.1 Å². The van der Waals surface area contributed by atoms with Crippen LogP contribution in [0.3, 0.4) is 0 Å². The van der Waals surface area contributed by atoms with E-state index in [0.717, 1.165) is 0 Å². The van der Waals surface area contributed by atoms with Crippen LogP contribution in [0.1, 0.15) is 15.9 Å². The van der Waals surface area contributed by atoms with Crippen molar-refractivity contribution in [3.63, 3.8) is 0 Å². The van der Waals surface area contributed by atoms with Crippen molar-refractivity contribution < 1.29 is 9.72 Å². The highest BCUT2D eigenvalue weighted by Gasteiger charge is 2.18. The van der Waals surface area contributed by atoms with Crippen LogP contribution in [0.15, 0.2) is 41.3 Å². The van der Waals surface area contributed by atoms with Gasteiger partial charge in [0.25, 0.3) is 17.2 Å². The van der Waals surface area contributed by atoms with Crippen LogP contribution in [-0.2, 0) is 0 Å². The van der Waals surface area contributed by atoms with Gasteiger partial charge in [0.05, 0.1) is 4.92 Å². The van der Waals surface area contributed by atoms with Crippen LogP contribution >= 0.6 is 0 Å². The molecule has 0 atom stereocenters. The van der Waals surface area contributed by atoms with E-state index in [-0.39, 0.29) is 22.5 Å². The second-order valence-electron chi connectivity index (χ2n) is 4.07. The molecule has 2 aromatic rings. The summed E-state index contributed by atoms with van der Waals surface area (Å²) in [5.41, 5.74) is -0.0863. The van der Waals surface area contributed by atoms with Crippen molar-refractivity contribution in [3.8, 4) is 0 Å². The van der Waals surface area contributed by atoms with E-state index in [4.69, 9.17) is 0 Å². The molecule has 0 saturated carbocycles.